The van der Waals surface area contributed by atoms with Crippen molar-refractivity contribution in [2.45, 2.75) is 59.0 Å². The third-order valence-electron chi connectivity index (χ3n) is 4.49. The van der Waals surface area contributed by atoms with E-state index in [0.29, 0.717) is 12.0 Å². The molecule has 1 nitrogen and oxygen atoms in total. The molecular weight excluding hydrogens is 254 g/mol. The Balaban J connectivity index is 2.02. The smallest absolute Gasteiger partial charge is 0.0266 e. The van der Waals surface area contributed by atoms with Gasteiger partial charge in [-0.3, -0.25) is 0 Å². The molecule has 1 fully saturated rings. The number of aryl methyl sites for hydroxylation is 3. The van der Waals surface area contributed by atoms with Crippen LogP contribution in [0, 0.1) is 26.7 Å². The Morgan fingerprint density at radius 1 is 1.11 bits per heavy atom. The summed E-state index contributed by atoms with van der Waals surface area (Å²) in [5, 5.41) is 3.76. The van der Waals surface area contributed by atoms with Gasteiger partial charge in [0, 0.05) is 18.5 Å². The van der Waals surface area contributed by atoms with Crippen molar-refractivity contribution in [3.8, 4) is 0 Å². The van der Waals surface area contributed by atoms with Crippen molar-refractivity contribution in [3.63, 3.8) is 0 Å². The second-order valence-corrected chi connectivity index (χ2v) is 6.37. The molecule has 19 heavy (non-hydrogen) atoms. The third kappa shape index (κ3) is 3.73. The highest BCUT2D eigenvalue weighted by atomic mass is 35.5. The highest BCUT2D eigenvalue weighted by Crippen LogP contribution is 2.26. The summed E-state index contributed by atoms with van der Waals surface area (Å²) in [6, 6.07) is 5.17. The van der Waals surface area contributed by atoms with Gasteiger partial charge >= 0.3 is 0 Å². The molecule has 1 N–H and O–H groups in total. The van der Waals surface area contributed by atoms with Gasteiger partial charge in [0.1, 0.15) is 0 Å². The standard InChI is InChI=1S/C17H26ClN/c1-12-8-13(2)16(14(3)9-12)11-19-17-7-5-4-6-15(17)10-18/h8-9,15,17,19H,4-7,10-11H2,1-3H3. The molecule has 1 aromatic rings. The lowest BCUT2D eigenvalue weighted by molar-refractivity contribution is 0.282. The molecule has 0 saturated heterocycles. The number of hydrogen-bond acceptors (Lipinski definition) is 1. The lowest BCUT2D eigenvalue weighted by atomic mass is 9.85. The van der Waals surface area contributed by atoms with Gasteiger partial charge in [-0.1, -0.05) is 30.5 Å². The Morgan fingerprint density at radius 2 is 1.74 bits per heavy atom. The Labute approximate surface area is 122 Å². The van der Waals surface area contributed by atoms with Crippen LogP contribution >= 0.6 is 11.6 Å². The lowest BCUT2D eigenvalue weighted by Crippen LogP contribution is -2.39. The second-order valence-electron chi connectivity index (χ2n) is 6.06. The second kappa shape index (κ2) is 6.76. The van der Waals surface area contributed by atoms with Gasteiger partial charge < -0.3 is 5.32 Å². The predicted octanol–water partition coefficient (Wildman–Crippen LogP) is 4.50. The summed E-state index contributed by atoms with van der Waals surface area (Å²) in [5.41, 5.74) is 5.63. The quantitative estimate of drug-likeness (QED) is 0.800. The van der Waals surface area contributed by atoms with E-state index in [-0.39, 0.29) is 0 Å². The monoisotopic (exact) mass is 279 g/mol. The van der Waals surface area contributed by atoms with Crippen LogP contribution in [0.3, 0.4) is 0 Å². The number of alkyl halides is 1. The molecule has 106 valence electrons. The summed E-state index contributed by atoms with van der Waals surface area (Å²) in [4.78, 5) is 0. The fourth-order valence-electron chi connectivity index (χ4n) is 3.38. The summed E-state index contributed by atoms with van der Waals surface area (Å²) >= 11 is 6.10. The van der Waals surface area contributed by atoms with E-state index in [4.69, 9.17) is 11.6 Å². The van der Waals surface area contributed by atoms with E-state index in [9.17, 15) is 0 Å². The van der Waals surface area contributed by atoms with Crippen LogP contribution in [0.5, 0.6) is 0 Å². The molecular formula is C17H26ClN. The summed E-state index contributed by atoms with van der Waals surface area (Å²) < 4.78 is 0. The van der Waals surface area contributed by atoms with Crippen molar-refractivity contribution in [1.29, 1.82) is 0 Å². The zero-order valence-electron chi connectivity index (χ0n) is 12.4. The van der Waals surface area contributed by atoms with E-state index in [1.807, 2.05) is 0 Å². The molecule has 0 aliphatic heterocycles. The van der Waals surface area contributed by atoms with Gasteiger partial charge in [-0.25, -0.2) is 0 Å². The maximum Gasteiger partial charge on any atom is 0.0266 e. The van der Waals surface area contributed by atoms with Crippen molar-refractivity contribution in [2.75, 3.05) is 5.88 Å². The first-order valence-electron chi connectivity index (χ1n) is 7.48. The Hall–Kier alpha value is -0.530. The van der Waals surface area contributed by atoms with Crippen LogP contribution in [0.25, 0.3) is 0 Å². The van der Waals surface area contributed by atoms with Gasteiger partial charge in [-0.2, -0.15) is 0 Å². The Morgan fingerprint density at radius 3 is 2.37 bits per heavy atom. The molecule has 0 aromatic heterocycles. The van der Waals surface area contributed by atoms with Crippen molar-refractivity contribution in [3.05, 3.63) is 34.4 Å². The van der Waals surface area contributed by atoms with E-state index in [0.717, 1.165) is 12.4 Å². The van der Waals surface area contributed by atoms with E-state index >= 15 is 0 Å². The molecule has 0 amide bonds. The molecule has 1 aliphatic carbocycles. The molecule has 1 aromatic carbocycles. The average molecular weight is 280 g/mol. The fraction of sp³-hybridized carbons (Fsp3) is 0.647. The number of rotatable bonds is 4. The molecule has 2 rings (SSSR count). The van der Waals surface area contributed by atoms with E-state index in [1.165, 1.54) is 47.9 Å². The highest BCUT2D eigenvalue weighted by Gasteiger charge is 2.23. The minimum absolute atomic E-state index is 0.603. The summed E-state index contributed by atoms with van der Waals surface area (Å²) in [6.45, 7) is 7.59. The van der Waals surface area contributed by atoms with Crippen LogP contribution < -0.4 is 5.32 Å². The SMILES string of the molecule is Cc1cc(C)c(CNC2CCCCC2CCl)c(C)c1. The average Bonchev–Trinajstić information content (AvgIpc) is 2.38. The maximum absolute atomic E-state index is 6.10. The van der Waals surface area contributed by atoms with Crippen molar-refractivity contribution in [1.82, 2.24) is 5.32 Å². The van der Waals surface area contributed by atoms with Gasteiger partial charge in [-0.15, -0.1) is 11.6 Å². The van der Waals surface area contributed by atoms with Crippen molar-refractivity contribution in [2.24, 2.45) is 5.92 Å². The summed E-state index contributed by atoms with van der Waals surface area (Å²) in [6.07, 6.45) is 5.25. The molecule has 2 unspecified atom stereocenters. The predicted molar refractivity (Wildman–Crippen MR) is 84.0 cm³/mol. The van der Waals surface area contributed by atoms with Crippen LogP contribution in [0.4, 0.5) is 0 Å². The number of hydrogen-bond donors (Lipinski definition) is 1. The van der Waals surface area contributed by atoms with Crippen LogP contribution in [-0.4, -0.2) is 11.9 Å². The molecule has 2 heteroatoms. The minimum atomic E-state index is 0.603. The molecule has 0 radical (unpaired) electrons. The Bertz CT molecular complexity index is 404. The van der Waals surface area contributed by atoms with Gasteiger partial charge in [0.05, 0.1) is 0 Å². The van der Waals surface area contributed by atoms with Gasteiger partial charge in [0.2, 0.25) is 0 Å². The molecule has 1 saturated carbocycles. The molecule has 0 heterocycles. The molecule has 1 aliphatic rings. The summed E-state index contributed by atoms with van der Waals surface area (Å²) in [5.74, 6) is 1.45. The van der Waals surface area contributed by atoms with Gasteiger partial charge in [0.25, 0.3) is 0 Å². The fourth-order valence-corrected chi connectivity index (χ4v) is 3.75. The largest absolute Gasteiger partial charge is 0.310 e. The number of halogens is 1. The number of nitrogens with one attached hydrogen (secondary N) is 1. The maximum atomic E-state index is 6.10. The van der Waals surface area contributed by atoms with E-state index in [2.05, 4.69) is 38.2 Å². The van der Waals surface area contributed by atoms with E-state index < -0.39 is 0 Å². The van der Waals surface area contributed by atoms with Gasteiger partial charge in [0.15, 0.2) is 0 Å². The van der Waals surface area contributed by atoms with Crippen LogP contribution in [-0.2, 0) is 6.54 Å². The normalized spacial score (nSPS) is 23.6. The van der Waals surface area contributed by atoms with Crippen LogP contribution in [0.1, 0.15) is 47.9 Å². The number of benzene rings is 1. The topological polar surface area (TPSA) is 12.0 Å². The van der Waals surface area contributed by atoms with Crippen molar-refractivity contribution >= 4 is 11.6 Å². The zero-order valence-corrected chi connectivity index (χ0v) is 13.2. The first-order chi connectivity index (χ1) is 9.11. The highest BCUT2D eigenvalue weighted by molar-refractivity contribution is 6.18. The first-order valence-corrected chi connectivity index (χ1v) is 8.01. The van der Waals surface area contributed by atoms with Gasteiger partial charge in [-0.05, 0) is 56.2 Å². The summed E-state index contributed by atoms with van der Waals surface area (Å²) in [7, 11) is 0. The minimum Gasteiger partial charge on any atom is -0.310 e. The van der Waals surface area contributed by atoms with Crippen molar-refractivity contribution < 1.29 is 0 Å². The lowest BCUT2D eigenvalue weighted by Gasteiger charge is -2.31. The Kier molecular flexibility index (Phi) is 5.29. The third-order valence-corrected chi connectivity index (χ3v) is 4.89. The first kappa shape index (κ1) is 14.9. The zero-order chi connectivity index (χ0) is 13.8. The van der Waals surface area contributed by atoms with E-state index in [1.54, 1.807) is 0 Å². The van der Waals surface area contributed by atoms with Crippen LogP contribution in [0.2, 0.25) is 0 Å². The van der Waals surface area contributed by atoms with Crippen LogP contribution in [0.15, 0.2) is 12.1 Å². The molecule has 0 bridgehead atoms. The molecule has 0 spiro atoms. The molecule has 2 atom stereocenters.